The number of nitrogens with one attached hydrogen (secondary N) is 1. The number of carbonyl (C=O) groups excluding carboxylic acids is 1. The molecule has 7 heteroatoms. The number of aryl methyl sites for hydroxylation is 1. The van der Waals surface area contributed by atoms with Gasteiger partial charge in [-0.05, 0) is 6.92 Å². The van der Waals surface area contributed by atoms with E-state index in [-0.39, 0.29) is 12.4 Å². The van der Waals surface area contributed by atoms with Crippen LogP contribution in [-0.2, 0) is 23.0 Å². The van der Waals surface area contributed by atoms with Crippen molar-refractivity contribution in [2.45, 2.75) is 25.9 Å². The van der Waals surface area contributed by atoms with Gasteiger partial charge in [0.05, 0.1) is 19.1 Å². The summed E-state index contributed by atoms with van der Waals surface area (Å²) in [5, 5.41) is 20.3. The van der Waals surface area contributed by atoms with Gasteiger partial charge in [0.15, 0.2) is 0 Å². The Kier molecular flexibility index (Phi) is 6.31. The van der Waals surface area contributed by atoms with E-state index < -0.39 is 6.10 Å². The predicted molar refractivity (Wildman–Crippen MR) is 64.8 cm³/mol. The van der Waals surface area contributed by atoms with Crippen molar-refractivity contribution in [3.05, 3.63) is 12.2 Å². The third kappa shape index (κ3) is 5.24. The minimum absolute atomic E-state index is 0.0187. The minimum Gasteiger partial charge on any atom is -0.466 e. The Bertz CT molecular complexity index is 367. The summed E-state index contributed by atoms with van der Waals surface area (Å²) in [5.74, 6) is 0.502. The Morgan fingerprint density at radius 1 is 1.67 bits per heavy atom. The highest BCUT2D eigenvalue weighted by Gasteiger charge is 2.11. The number of rotatable bonds is 8. The lowest BCUT2D eigenvalue weighted by Crippen LogP contribution is -2.30. The van der Waals surface area contributed by atoms with Crippen LogP contribution >= 0.6 is 0 Å². The zero-order chi connectivity index (χ0) is 13.4. The number of aliphatic hydroxyl groups is 1. The zero-order valence-corrected chi connectivity index (χ0v) is 10.8. The second kappa shape index (κ2) is 7.78. The van der Waals surface area contributed by atoms with Gasteiger partial charge in [-0.1, -0.05) is 0 Å². The maximum atomic E-state index is 11.1. The van der Waals surface area contributed by atoms with Crippen molar-refractivity contribution in [1.29, 1.82) is 0 Å². The quantitative estimate of drug-likeness (QED) is 0.470. The maximum Gasteiger partial charge on any atom is 0.308 e. The van der Waals surface area contributed by atoms with E-state index in [0.29, 0.717) is 19.7 Å². The molecule has 0 amide bonds. The molecule has 0 aliphatic heterocycles. The fraction of sp³-hybridized carbons (Fsp3) is 0.727. The third-order valence-corrected chi connectivity index (χ3v) is 2.42. The summed E-state index contributed by atoms with van der Waals surface area (Å²) in [6.45, 7) is 3.11. The SMILES string of the molecule is CCOC(=O)CC(O)CNCCc1nncn1C. The molecule has 0 fully saturated rings. The van der Waals surface area contributed by atoms with Gasteiger partial charge in [-0.25, -0.2) is 0 Å². The van der Waals surface area contributed by atoms with Crippen molar-refractivity contribution >= 4 is 5.97 Å². The number of nitrogens with zero attached hydrogens (tertiary/aromatic N) is 3. The number of hydrogen-bond donors (Lipinski definition) is 2. The maximum absolute atomic E-state index is 11.1. The van der Waals surface area contributed by atoms with Crippen LogP contribution < -0.4 is 5.32 Å². The summed E-state index contributed by atoms with van der Waals surface area (Å²) in [5.41, 5.74) is 0. The van der Waals surface area contributed by atoms with Gasteiger partial charge in [-0.2, -0.15) is 0 Å². The van der Waals surface area contributed by atoms with Gasteiger partial charge in [0.1, 0.15) is 12.2 Å². The van der Waals surface area contributed by atoms with E-state index in [0.717, 1.165) is 12.2 Å². The molecule has 1 aromatic heterocycles. The first-order chi connectivity index (χ1) is 8.63. The molecule has 102 valence electrons. The minimum atomic E-state index is -0.719. The molecular weight excluding hydrogens is 236 g/mol. The van der Waals surface area contributed by atoms with E-state index in [4.69, 9.17) is 4.74 Å². The molecule has 0 saturated heterocycles. The molecular formula is C11H20N4O3. The molecule has 1 aromatic rings. The Labute approximate surface area is 106 Å². The second-order valence-corrected chi connectivity index (χ2v) is 3.98. The largest absolute Gasteiger partial charge is 0.466 e. The van der Waals surface area contributed by atoms with Crippen molar-refractivity contribution in [2.24, 2.45) is 7.05 Å². The third-order valence-electron chi connectivity index (χ3n) is 2.42. The monoisotopic (exact) mass is 256 g/mol. The lowest BCUT2D eigenvalue weighted by molar-refractivity contribution is -0.145. The van der Waals surface area contributed by atoms with Gasteiger partial charge in [-0.15, -0.1) is 10.2 Å². The summed E-state index contributed by atoms with van der Waals surface area (Å²) >= 11 is 0. The molecule has 0 aliphatic rings. The number of aliphatic hydroxyl groups excluding tert-OH is 1. The summed E-state index contributed by atoms with van der Waals surface area (Å²) in [7, 11) is 1.88. The van der Waals surface area contributed by atoms with E-state index in [1.807, 2.05) is 11.6 Å². The van der Waals surface area contributed by atoms with Crippen molar-refractivity contribution in [1.82, 2.24) is 20.1 Å². The van der Waals surface area contributed by atoms with E-state index in [9.17, 15) is 9.90 Å². The molecule has 0 saturated carbocycles. The first kappa shape index (κ1) is 14.6. The summed E-state index contributed by atoms with van der Waals surface area (Å²) in [4.78, 5) is 11.1. The molecule has 0 radical (unpaired) electrons. The molecule has 2 N–H and O–H groups in total. The van der Waals surface area contributed by atoms with E-state index in [2.05, 4.69) is 15.5 Å². The van der Waals surface area contributed by atoms with Gasteiger partial charge in [0.25, 0.3) is 0 Å². The summed E-state index contributed by atoms with van der Waals surface area (Å²) < 4.78 is 6.59. The van der Waals surface area contributed by atoms with Gasteiger partial charge in [0, 0.05) is 26.6 Å². The van der Waals surface area contributed by atoms with E-state index >= 15 is 0 Å². The van der Waals surface area contributed by atoms with E-state index in [1.165, 1.54) is 0 Å². The molecule has 0 spiro atoms. The molecule has 0 aliphatic carbocycles. The van der Waals surface area contributed by atoms with Gasteiger partial charge in [0.2, 0.25) is 0 Å². The number of esters is 1. The zero-order valence-electron chi connectivity index (χ0n) is 10.8. The first-order valence-corrected chi connectivity index (χ1v) is 6.00. The number of carbonyl (C=O) groups is 1. The molecule has 0 aromatic carbocycles. The molecule has 18 heavy (non-hydrogen) atoms. The van der Waals surface area contributed by atoms with Gasteiger partial charge >= 0.3 is 5.97 Å². The van der Waals surface area contributed by atoms with Crippen LogP contribution in [0.3, 0.4) is 0 Å². The Morgan fingerprint density at radius 3 is 3.06 bits per heavy atom. The lowest BCUT2D eigenvalue weighted by atomic mass is 10.2. The van der Waals surface area contributed by atoms with Crippen LogP contribution in [0.15, 0.2) is 6.33 Å². The fourth-order valence-electron chi connectivity index (χ4n) is 1.49. The molecule has 1 atom stereocenters. The van der Waals surface area contributed by atoms with E-state index in [1.54, 1.807) is 13.3 Å². The number of hydrogen-bond acceptors (Lipinski definition) is 6. The smallest absolute Gasteiger partial charge is 0.308 e. The van der Waals surface area contributed by atoms with Crippen LogP contribution in [0, 0.1) is 0 Å². The summed E-state index contributed by atoms with van der Waals surface area (Å²) in [6.07, 6.45) is 1.67. The van der Waals surface area contributed by atoms with Crippen LogP contribution in [0.4, 0.5) is 0 Å². The van der Waals surface area contributed by atoms with Crippen LogP contribution in [0.2, 0.25) is 0 Å². The first-order valence-electron chi connectivity index (χ1n) is 6.00. The van der Waals surface area contributed by atoms with Crippen LogP contribution in [0.1, 0.15) is 19.2 Å². The van der Waals surface area contributed by atoms with Crippen molar-refractivity contribution in [3.8, 4) is 0 Å². The number of ether oxygens (including phenoxy) is 1. The second-order valence-electron chi connectivity index (χ2n) is 3.98. The summed E-state index contributed by atoms with van der Waals surface area (Å²) in [6, 6.07) is 0. The Balaban J connectivity index is 2.10. The van der Waals surface area contributed by atoms with Crippen LogP contribution in [-0.4, -0.2) is 51.6 Å². The molecule has 1 rings (SSSR count). The molecule has 0 bridgehead atoms. The van der Waals surface area contributed by atoms with Crippen LogP contribution in [0.5, 0.6) is 0 Å². The predicted octanol–water partition coefficient (Wildman–Crippen LogP) is -0.739. The van der Waals surface area contributed by atoms with Gasteiger partial charge in [-0.3, -0.25) is 4.79 Å². The lowest BCUT2D eigenvalue weighted by Gasteiger charge is -2.10. The fourth-order valence-corrected chi connectivity index (χ4v) is 1.49. The normalized spacial score (nSPS) is 12.4. The molecule has 1 heterocycles. The average Bonchev–Trinajstić information content (AvgIpc) is 2.71. The Hall–Kier alpha value is -1.47. The molecule has 7 nitrogen and oxygen atoms in total. The highest BCUT2D eigenvalue weighted by atomic mass is 16.5. The van der Waals surface area contributed by atoms with Crippen molar-refractivity contribution in [2.75, 3.05) is 19.7 Å². The van der Waals surface area contributed by atoms with Crippen molar-refractivity contribution < 1.29 is 14.6 Å². The van der Waals surface area contributed by atoms with Gasteiger partial charge < -0.3 is 19.7 Å². The topological polar surface area (TPSA) is 89.3 Å². The highest BCUT2D eigenvalue weighted by molar-refractivity contribution is 5.69. The highest BCUT2D eigenvalue weighted by Crippen LogP contribution is 1.95. The van der Waals surface area contributed by atoms with Crippen LogP contribution in [0.25, 0.3) is 0 Å². The molecule has 1 unspecified atom stereocenters. The standard InChI is InChI=1S/C11H20N4O3/c1-3-18-11(17)6-9(16)7-12-5-4-10-14-13-8-15(10)2/h8-9,12,16H,3-7H2,1-2H3. The average molecular weight is 256 g/mol. The van der Waals surface area contributed by atoms with Crippen molar-refractivity contribution in [3.63, 3.8) is 0 Å². The number of aromatic nitrogens is 3. The Morgan fingerprint density at radius 2 is 2.44 bits per heavy atom.